The quantitative estimate of drug-likeness (QED) is 0.599. The van der Waals surface area contributed by atoms with E-state index in [0.29, 0.717) is 5.02 Å². The predicted octanol–water partition coefficient (Wildman–Crippen LogP) is 2.65. The molecule has 0 bridgehead atoms. The number of hydrogen-bond acceptors (Lipinski definition) is 3. The first-order valence-electron chi connectivity index (χ1n) is 5.48. The summed E-state index contributed by atoms with van der Waals surface area (Å²) in [7, 11) is 0. The number of ether oxygens (including phenoxy) is 1. The number of hydrogen-bond donors (Lipinski definition) is 0. The first-order valence-corrected chi connectivity index (χ1v) is 5.86. The van der Waals surface area contributed by atoms with Crippen molar-refractivity contribution >= 4 is 23.4 Å². The number of benzene rings is 1. The second-order valence-corrected chi connectivity index (χ2v) is 4.18. The number of ketones is 1. The molecule has 0 aromatic heterocycles. The van der Waals surface area contributed by atoms with Gasteiger partial charge in [-0.05, 0) is 31.5 Å². The van der Waals surface area contributed by atoms with E-state index in [9.17, 15) is 9.59 Å². The third-order valence-corrected chi connectivity index (χ3v) is 2.67. The minimum absolute atomic E-state index is 0.147. The molecule has 0 aliphatic heterocycles. The zero-order valence-corrected chi connectivity index (χ0v) is 10.7. The van der Waals surface area contributed by atoms with Crippen molar-refractivity contribution in [2.45, 2.75) is 20.3 Å². The Labute approximate surface area is 106 Å². The lowest BCUT2D eigenvalue weighted by molar-refractivity contribution is -0.150. The maximum absolute atomic E-state index is 11.8. The van der Waals surface area contributed by atoms with Crippen molar-refractivity contribution in [3.05, 3.63) is 34.9 Å². The van der Waals surface area contributed by atoms with Crippen LogP contribution in [0, 0.1) is 5.92 Å². The largest absolute Gasteiger partial charge is 0.465 e. The van der Waals surface area contributed by atoms with Crippen molar-refractivity contribution in [1.29, 1.82) is 0 Å². The molecule has 1 aromatic carbocycles. The fourth-order valence-electron chi connectivity index (χ4n) is 1.36. The average molecular weight is 255 g/mol. The summed E-state index contributed by atoms with van der Waals surface area (Å²) in [5, 5.41) is 0.625. The van der Waals surface area contributed by atoms with Crippen LogP contribution < -0.4 is 0 Å². The lowest BCUT2D eigenvalue weighted by atomic mass is 10.00. The number of Topliss-reactive ketones (excluding diaryl/α,β-unsaturated/α-hetero) is 1. The Morgan fingerprint density at radius 1 is 1.29 bits per heavy atom. The lowest BCUT2D eigenvalue weighted by Gasteiger charge is -2.09. The fraction of sp³-hybridized carbons (Fsp3) is 0.385. The average Bonchev–Trinajstić information content (AvgIpc) is 2.31. The standard InChI is InChI=1S/C13H15ClO3/c1-3-17-13(16)9(2)12(15)8-10-4-6-11(14)7-5-10/h4-7,9H,3,8H2,1-2H3. The zero-order chi connectivity index (χ0) is 12.8. The number of halogens is 1. The first kappa shape index (κ1) is 13.7. The lowest BCUT2D eigenvalue weighted by Crippen LogP contribution is -2.24. The Bertz CT molecular complexity index is 398. The van der Waals surface area contributed by atoms with Crippen LogP contribution in [0.25, 0.3) is 0 Å². The highest BCUT2D eigenvalue weighted by Crippen LogP contribution is 2.12. The Balaban J connectivity index is 2.59. The second kappa shape index (κ2) is 6.40. The minimum Gasteiger partial charge on any atom is -0.465 e. The summed E-state index contributed by atoms with van der Waals surface area (Å²) in [4.78, 5) is 23.1. The van der Waals surface area contributed by atoms with Crippen LogP contribution in [0.15, 0.2) is 24.3 Å². The van der Waals surface area contributed by atoms with Crippen LogP contribution in [0.3, 0.4) is 0 Å². The van der Waals surface area contributed by atoms with Gasteiger partial charge in [0.25, 0.3) is 0 Å². The number of esters is 1. The van der Waals surface area contributed by atoms with Crippen molar-refractivity contribution in [3.8, 4) is 0 Å². The molecular formula is C13H15ClO3. The van der Waals surface area contributed by atoms with E-state index in [4.69, 9.17) is 16.3 Å². The van der Waals surface area contributed by atoms with Gasteiger partial charge in [-0.3, -0.25) is 9.59 Å². The Morgan fingerprint density at radius 3 is 2.41 bits per heavy atom. The molecule has 1 atom stereocenters. The molecule has 0 N–H and O–H groups in total. The van der Waals surface area contributed by atoms with E-state index in [-0.39, 0.29) is 18.8 Å². The summed E-state index contributed by atoms with van der Waals surface area (Å²) < 4.78 is 4.80. The second-order valence-electron chi connectivity index (χ2n) is 3.74. The van der Waals surface area contributed by atoms with Crippen LogP contribution in [0.5, 0.6) is 0 Å². The van der Waals surface area contributed by atoms with Crippen molar-refractivity contribution in [1.82, 2.24) is 0 Å². The zero-order valence-electron chi connectivity index (χ0n) is 9.90. The molecule has 0 amide bonds. The Hall–Kier alpha value is -1.35. The van der Waals surface area contributed by atoms with E-state index in [2.05, 4.69) is 0 Å². The molecule has 92 valence electrons. The normalized spacial score (nSPS) is 11.9. The molecule has 4 heteroatoms. The molecule has 1 rings (SSSR count). The van der Waals surface area contributed by atoms with Crippen LogP contribution in [0.4, 0.5) is 0 Å². The molecule has 17 heavy (non-hydrogen) atoms. The van der Waals surface area contributed by atoms with Gasteiger partial charge in [-0.15, -0.1) is 0 Å². The van der Waals surface area contributed by atoms with Crippen molar-refractivity contribution in [2.24, 2.45) is 5.92 Å². The molecule has 3 nitrogen and oxygen atoms in total. The highest BCUT2D eigenvalue weighted by Gasteiger charge is 2.22. The van der Waals surface area contributed by atoms with Crippen LogP contribution in [-0.2, 0) is 20.7 Å². The monoisotopic (exact) mass is 254 g/mol. The van der Waals surface area contributed by atoms with Crippen molar-refractivity contribution in [2.75, 3.05) is 6.61 Å². The summed E-state index contributed by atoms with van der Waals surface area (Å²) in [6.45, 7) is 3.57. The Kier molecular flexibility index (Phi) is 5.16. The summed E-state index contributed by atoms with van der Waals surface area (Å²) in [6, 6.07) is 6.99. The summed E-state index contributed by atoms with van der Waals surface area (Å²) in [6.07, 6.45) is 0.219. The van der Waals surface area contributed by atoms with Gasteiger partial charge < -0.3 is 4.74 Å². The molecule has 1 unspecified atom stereocenters. The first-order chi connectivity index (χ1) is 8.04. The van der Waals surface area contributed by atoms with E-state index < -0.39 is 11.9 Å². The molecule has 0 aliphatic rings. The van der Waals surface area contributed by atoms with E-state index in [1.807, 2.05) is 0 Å². The Morgan fingerprint density at radius 2 is 1.88 bits per heavy atom. The topological polar surface area (TPSA) is 43.4 Å². The predicted molar refractivity (Wildman–Crippen MR) is 66.0 cm³/mol. The van der Waals surface area contributed by atoms with Crippen molar-refractivity contribution in [3.63, 3.8) is 0 Å². The van der Waals surface area contributed by atoms with Gasteiger partial charge >= 0.3 is 5.97 Å². The molecule has 0 aliphatic carbocycles. The number of carbonyl (C=O) groups excluding carboxylic acids is 2. The molecule has 0 spiro atoms. The summed E-state index contributed by atoms with van der Waals surface area (Å²) in [5.41, 5.74) is 0.843. The van der Waals surface area contributed by atoms with E-state index in [1.54, 1.807) is 38.1 Å². The molecule has 0 saturated carbocycles. The van der Waals surface area contributed by atoms with Crippen LogP contribution in [0.1, 0.15) is 19.4 Å². The number of carbonyl (C=O) groups is 2. The third kappa shape index (κ3) is 4.19. The smallest absolute Gasteiger partial charge is 0.316 e. The molecule has 0 saturated heterocycles. The highest BCUT2D eigenvalue weighted by molar-refractivity contribution is 6.30. The van der Waals surface area contributed by atoms with E-state index >= 15 is 0 Å². The maximum atomic E-state index is 11.8. The van der Waals surface area contributed by atoms with Gasteiger partial charge in [0, 0.05) is 11.4 Å². The maximum Gasteiger partial charge on any atom is 0.316 e. The molecule has 0 heterocycles. The minimum atomic E-state index is -0.717. The third-order valence-electron chi connectivity index (χ3n) is 2.41. The molecular weight excluding hydrogens is 240 g/mol. The summed E-state index contributed by atoms with van der Waals surface area (Å²) in [5.74, 6) is -1.33. The fourth-order valence-corrected chi connectivity index (χ4v) is 1.48. The van der Waals surface area contributed by atoms with Gasteiger partial charge in [-0.2, -0.15) is 0 Å². The highest BCUT2D eigenvalue weighted by atomic mass is 35.5. The molecule has 0 radical (unpaired) electrons. The van der Waals surface area contributed by atoms with Crippen LogP contribution in [-0.4, -0.2) is 18.4 Å². The van der Waals surface area contributed by atoms with Gasteiger partial charge in [-0.25, -0.2) is 0 Å². The van der Waals surface area contributed by atoms with Gasteiger partial charge in [-0.1, -0.05) is 23.7 Å². The van der Waals surface area contributed by atoms with Gasteiger partial charge in [0.05, 0.1) is 6.61 Å². The van der Waals surface area contributed by atoms with Gasteiger partial charge in [0.15, 0.2) is 5.78 Å². The van der Waals surface area contributed by atoms with Crippen molar-refractivity contribution < 1.29 is 14.3 Å². The molecule has 1 aromatic rings. The van der Waals surface area contributed by atoms with Crippen LogP contribution in [0.2, 0.25) is 5.02 Å². The molecule has 0 fully saturated rings. The van der Waals surface area contributed by atoms with E-state index in [0.717, 1.165) is 5.56 Å². The van der Waals surface area contributed by atoms with Gasteiger partial charge in [0.1, 0.15) is 5.92 Å². The number of rotatable bonds is 5. The summed E-state index contributed by atoms with van der Waals surface area (Å²) >= 11 is 5.74. The van der Waals surface area contributed by atoms with Crippen LogP contribution >= 0.6 is 11.6 Å². The van der Waals surface area contributed by atoms with Gasteiger partial charge in [0.2, 0.25) is 0 Å². The van der Waals surface area contributed by atoms with E-state index in [1.165, 1.54) is 0 Å². The SMILES string of the molecule is CCOC(=O)C(C)C(=O)Cc1ccc(Cl)cc1.